The SMILES string of the molecule is CCOC(=O)c1csc(NC(=O)c2ccc(OC)c(S(=O)(=O)N(CC)CC)c2)n1. The minimum absolute atomic E-state index is 0.0895. The maximum absolute atomic E-state index is 12.9. The molecule has 0 unspecified atom stereocenters. The number of methoxy groups -OCH3 is 1. The van der Waals surface area contributed by atoms with Gasteiger partial charge >= 0.3 is 5.97 Å². The van der Waals surface area contributed by atoms with Crippen LogP contribution in [-0.2, 0) is 14.8 Å². The van der Waals surface area contributed by atoms with Crippen molar-refractivity contribution in [3.05, 3.63) is 34.8 Å². The Morgan fingerprint density at radius 2 is 1.90 bits per heavy atom. The first-order valence-corrected chi connectivity index (χ1v) is 11.2. The number of carbonyl (C=O) groups excluding carboxylic acids is 2. The monoisotopic (exact) mass is 441 g/mol. The van der Waals surface area contributed by atoms with E-state index in [4.69, 9.17) is 9.47 Å². The van der Waals surface area contributed by atoms with Crippen LogP contribution in [0.2, 0.25) is 0 Å². The first-order valence-electron chi connectivity index (χ1n) is 8.90. The first-order chi connectivity index (χ1) is 13.8. The number of nitrogens with one attached hydrogen (secondary N) is 1. The van der Waals surface area contributed by atoms with Gasteiger partial charge in [-0.1, -0.05) is 13.8 Å². The van der Waals surface area contributed by atoms with Crippen molar-refractivity contribution in [1.82, 2.24) is 9.29 Å². The van der Waals surface area contributed by atoms with E-state index in [1.54, 1.807) is 20.8 Å². The van der Waals surface area contributed by atoms with Crippen molar-refractivity contribution in [2.24, 2.45) is 0 Å². The molecule has 0 aliphatic heterocycles. The number of aromatic nitrogens is 1. The minimum atomic E-state index is -3.83. The second-order valence-corrected chi connectivity index (χ2v) is 8.43. The lowest BCUT2D eigenvalue weighted by atomic mass is 10.2. The Morgan fingerprint density at radius 1 is 1.21 bits per heavy atom. The average Bonchev–Trinajstić information content (AvgIpc) is 3.17. The Balaban J connectivity index is 2.31. The number of nitrogens with zero attached hydrogens (tertiary/aromatic N) is 2. The number of ether oxygens (including phenoxy) is 2. The third kappa shape index (κ3) is 5.11. The van der Waals surface area contributed by atoms with Gasteiger partial charge in [-0.3, -0.25) is 10.1 Å². The molecule has 1 aromatic carbocycles. The van der Waals surface area contributed by atoms with E-state index in [0.29, 0.717) is 0 Å². The van der Waals surface area contributed by atoms with Crippen LogP contribution in [0.25, 0.3) is 0 Å². The molecule has 1 amide bonds. The van der Waals surface area contributed by atoms with Crippen LogP contribution in [0.3, 0.4) is 0 Å². The molecule has 0 saturated carbocycles. The van der Waals surface area contributed by atoms with Gasteiger partial charge in [-0.2, -0.15) is 4.31 Å². The molecule has 0 atom stereocenters. The fraction of sp³-hybridized carbons (Fsp3) is 0.389. The van der Waals surface area contributed by atoms with E-state index in [2.05, 4.69) is 10.3 Å². The molecule has 0 aliphatic rings. The lowest BCUT2D eigenvalue weighted by Gasteiger charge is -2.20. The zero-order valence-electron chi connectivity index (χ0n) is 16.6. The van der Waals surface area contributed by atoms with Gasteiger partial charge in [-0.05, 0) is 25.1 Å². The molecule has 158 valence electrons. The van der Waals surface area contributed by atoms with Crippen molar-refractivity contribution >= 4 is 38.4 Å². The highest BCUT2D eigenvalue weighted by atomic mass is 32.2. The normalized spacial score (nSPS) is 11.3. The van der Waals surface area contributed by atoms with E-state index >= 15 is 0 Å². The van der Waals surface area contributed by atoms with Crippen molar-refractivity contribution in [3.63, 3.8) is 0 Å². The molecule has 11 heteroatoms. The molecule has 0 bridgehead atoms. The molecular formula is C18H23N3O6S2. The van der Waals surface area contributed by atoms with Crippen LogP contribution >= 0.6 is 11.3 Å². The molecule has 1 aromatic heterocycles. The van der Waals surface area contributed by atoms with E-state index in [0.717, 1.165) is 11.3 Å². The van der Waals surface area contributed by atoms with Gasteiger partial charge in [0.2, 0.25) is 10.0 Å². The Morgan fingerprint density at radius 3 is 2.48 bits per heavy atom. The molecule has 0 saturated heterocycles. The zero-order valence-corrected chi connectivity index (χ0v) is 18.2. The second kappa shape index (κ2) is 9.81. The number of amides is 1. The van der Waals surface area contributed by atoms with Crippen LogP contribution in [0.1, 0.15) is 41.6 Å². The van der Waals surface area contributed by atoms with Crippen molar-refractivity contribution in [3.8, 4) is 5.75 Å². The van der Waals surface area contributed by atoms with E-state index in [1.165, 1.54) is 35.0 Å². The second-order valence-electron chi connectivity index (χ2n) is 5.67. The number of thiazole rings is 1. The van der Waals surface area contributed by atoms with E-state index in [-0.39, 0.29) is 46.7 Å². The summed E-state index contributed by atoms with van der Waals surface area (Å²) in [4.78, 5) is 28.2. The summed E-state index contributed by atoms with van der Waals surface area (Å²) in [6, 6.07) is 4.15. The molecule has 0 spiro atoms. The quantitative estimate of drug-likeness (QED) is 0.595. The molecule has 0 fully saturated rings. The number of esters is 1. The number of hydrogen-bond donors (Lipinski definition) is 1. The fourth-order valence-electron chi connectivity index (χ4n) is 2.52. The highest BCUT2D eigenvalue weighted by molar-refractivity contribution is 7.89. The van der Waals surface area contributed by atoms with Crippen LogP contribution in [0.5, 0.6) is 5.75 Å². The third-order valence-corrected chi connectivity index (χ3v) is 6.79. The molecule has 29 heavy (non-hydrogen) atoms. The number of sulfonamides is 1. The van der Waals surface area contributed by atoms with Crippen LogP contribution in [0.15, 0.2) is 28.5 Å². The molecule has 0 radical (unpaired) electrons. The summed E-state index contributed by atoms with van der Waals surface area (Å²) in [6.07, 6.45) is 0. The molecule has 1 N–H and O–H groups in total. The van der Waals surface area contributed by atoms with Gasteiger partial charge in [0.1, 0.15) is 10.6 Å². The number of anilines is 1. The maximum atomic E-state index is 12.9. The molecule has 1 heterocycles. The minimum Gasteiger partial charge on any atom is -0.495 e. The zero-order chi connectivity index (χ0) is 21.6. The Bertz CT molecular complexity index is 983. The van der Waals surface area contributed by atoms with Crippen LogP contribution < -0.4 is 10.1 Å². The third-order valence-electron chi connectivity index (χ3n) is 3.96. The van der Waals surface area contributed by atoms with Gasteiger partial charge in [-0.25, -0.2) is 18.2 Å². The van der Waals surface area contributed by atoms with E-state index in [9.17, 15) is 18.0 Å². The topological polar surface area (TPSA) is 115 Å². The number of rotatable bonds is 9. The van der Waals surface area contributed by atoms with Gasteiger partial charge in [-0.15, -0.1) is 11.3 Å². The van der Waals surface area contributed by atoms with Crippen LogP contribution in [0, 0.1) is 0 Å². The fourth-order valence-corrected chi connectivity index (χ4v) is 4.84. The summed E-state index contributed by atoms with van der Waals surface area (Å²) in [5.74, 6) is -0.998. The van der Waals surface area contributed by atoms with Gasteiger partial charge in [0.25, 0.3) is 5.91 Å². The van der Waals surface area contributed by atoms with Crippen molar-refractivity contribution in [1.29, 1.82) is 0 Å². The summed E-state index contributed by atoms with van der Waals surface area (Å²) in [5, 5.41) is 4.23. The van der Waals surface area contributed by atoms with E-state index < -0.39 is 21.9 Å². The van der Waals surface area contributed by atoms with Crippen LogP contribution in [-0.4, -0.2) is 56.4 Å². The Kier molecular flexibility index (Phi) is 7.71. The van der Waals surface area contributed by atoms with Crippen LogP contribution in [0.4, 0.5) is 5.13 Å². The van der Waals surface area contributed by atoms with Crippen molar-refractivity contribution in [2.45, 2.75) is 25.7 Å². The predicted molar refractivity (Wildman–Crippen MR) is 109 cm³/mol. The van der Waals surface area contributed by atoms with E-state index in [1.807, 2.05) is 0 Å². The number of hydrogen-bond acceptors (Lipinski definition) is 8. The largest absolute Gasteiger partial charge is 0.495 e. The highest BCUT2D eigenvalue weighted by Crippen LogP contribution is 2.28. The summed E-state index contributed by atoms with van der Waals surface area (Å²) in [5.41, 5.74) is 0.205. The van der Waals surface area contributed by atoms with Gasteiger partial charge in [0.05, 0.1) is 13.7 Å². The highest BCUT2D eigenvalue weighted by Gasteiger charge is 2.27. The molecule has 2 aromatic rings. The molecular weight excluding hydrogens is 418 g/mol. The van der Waals surface area contributed by atoms with Crippen molar-refractivity contribution < 1.29 is 27.5 Å². The average molecular weight is 442 g/mol. The molecule has 2 rings (SSSR count). The Hall–Kier alpha value is -2.50. The summed E-state index contributed by atoms with van der Waals surface area (Å²) < 4.78 is 37.1. The van der Waals surface area contributed by atoms with Gasteiger partial charge in [0.15, 0.2) is 10.8 Å². The lowest BCUT2D eigenvalue weighted by Crippen LogP contribution is -2.31. The van der Waals surface area contributed by atoms with Gasteiger partial charge < -0.3 is 9.47 Å². The summed E-state index contributed by atoms with van der Waals surface area (Å²) in [6.45, 7) is 5.93. The summed E-state index contributed by atoms with van der Waals surface area (Å²) in [7, 11) is -2.47. The maximum Gasteiger partial charge on any atom is 0.357 e. The summed E-state index contributed by atoms with van der Waals surface area (Å²) >= 11 is 1.06. The lowest BCUT2D eigenvalue weighted by molar-refractivity contribution is 0.0520. The standard InChI is InChI=1S/C18H23N3O6S2/c1-5-21(6-2)29(24,25)15-10-12(8-9-14(15)26-4)16(22)20-18-19-13(11-28-18)17(23)27-7-3/h8-11H,5-7H2,1-4H3,(H,19,20,22). The number of carbonyl (C=O) groups is 2. The Labute approximate surface area is 173 Å². The predicted octanol–water partition coefficient (Wildman–Crippen LogP) is 2.61. The smallest absolute Gasteiger partial charge is 0.357 e. The van der Waals surface area contributed by atoms with Gasteiger partial charge in [0, 0.05) is 24.0 Å². The van der Waals surface area contributed by atoms with Crippen molar-refractivity contribution in [2.75, 3.05) is 32.1 Å². The number of benzene rings is 1. The molecule has 0 aliphatic carbocycles. The first kappa shape index (κ1) is 22.8. The molecule has 9 nitrogen and oxygen atoms in total.